The van der Waals surface area contributed by atoms with Gasteiger partial charge in [0.15, 0.2) is 0 Å². The first kappa shape index (κ1) is 9.07. The van der Waals surface area contributed by atoms with E-state index in [1.54, 1.807) is 6.07 Å². The van der Waals surface area contributed by atoms with Crippen LogP contribution in [0.25, 0.3) is 0 Å². The summed E-state index contributed by atoms with van der Waals surface area (Å²) in [5.74, 6) is 0.376. The summed E-state index contributed by atoms with van der Waals surface area (Å²) in [7, 11) is 0. The van der Waals surface area contributed by atoms with Gasteiger partial charge in [-0.3, -0.25) is 0 Å². The van der Waals surface area contributed by atoms with Crippen molar-refractivity contribution in [3.63, 3.8) is 0 Å². The van der Waals surface area contributed by atoms with Crippen molar-refractivity contribution in [2.24, 2.45) is 0 Å². The molecule has 0 bridgehead atoms. The number of benzene rings is 1. The molecule has 2 N–H and O–H groups in total. The Hall–Kier alpha value is -1.02. The van der Waals surface area contributed by atoms with Gasteiger partial charge >= 0.3 is 0 Å². The molecular weight excluding hydrogens is 150 g/mol. The molecule has 0 spiro atoms. The van der Waals surface area contributed by atoms with Gasteiger partial charge in [0, 0.05) is 12.1 Å². The van der Waals surface area contributed by atoms with Crippen molar-refractivity contribution in [1.29, 1.82) is 0 Å². The summed E-state index contributed by atoms with van der Waals surface area (Å²) in [5.41, 5.74) is 0.964. The molecule has 0 atom stereocenters. The molecule has 0 unspecified atom stereocenters. The monoisotopic (exact) mass is 165 g/mol. The number of phenols is 1. The molecule has 0 aliphatic carbocycles. The summed E-state index contributed by atoms with van der Waals surface area (Å²) in [6, 6.07) is 7.41. The fraction of sp³-hybridized carbons (Fsp3) is 0.400. The lowest BCUT2D eigenvalue weighted by Crippen LogP contribution is -2.13. The number of para-hydroxylation sites is 1. The van der Waals surface area contributed by atoms with Gasteiger partial charge in [0.25, 0.3) is 0 Å². The molecule has 12 heavy (non-hydrogen) atoms. The van der Waals surface area contributed by atoms with Crippen LogP contribution in [0.15, 0.2) is 24.3 Å². The van der Waals surface area contributed by atoms with E-state index in [0.29, 0.717) is 5.75 Å². The van der Waals surface area contributed by atoms with E-state index < -0.39 is 0 Å². The van der Waals surface area contributed by atoms with E-state index in [1.807, 2.05) is 18.2 Å². The quantitative estimate of drug-likeness (QED) is 0.668. The van der Waals surface area contributed by atoms with E-state index in [2.05, 4.69) is 12.2 Å². The van der Waals surface area contributed by atoms with Crippen molar-refractivity contribution in [3.8, 4) is 5.75 Å². The summed E-state index contributed by atoms with van der Waals surface area (Å²) in [6.45, 7) is 3.87. The minimum Gasteiger partial charge on any atom is -0.508 e. The number of nitrogens with one attached hydrogen (secondary N) is 1. The highest BCUT2D eigenvalue weighted by molar-refractivity contribution is 5.31. The molecule has 0 aliphatic rings. The maximum atomic E-state index is 9.37. The smallest absolute Gasteiger partial charge is 0.120 e. The van der Waals surface area contributed by atoms with Gasteiger partial charge in [0.05, 0.1) is 0 Å². The van der Waals surface area contributed by atoms with E-state index in [-0.39, 0.29) is 0 Å². The maximum absolute atomic E-state index is 9.37. The minimum atomic E-state index is 0.376. The number of aromatic hydroxyl groups is 1. The summed E-state index contributed by atoms with van der Waals surface area (Å²) >= 11 is 0. The van der Waals surface area contributed by atoms with Gasteiger partial charge in [-0.2, -0.15) is 0 Å². The average Bonchev–Trinajstić information content (AvgIpc) is 2.09. The molecule has 0 saturated heterocycles. The second-order valence-corrected chi connectivity index (χ2v) is 2.81. The van der Waals surface area contributed by atoms with Gasteiger partial charge in [0.2, 0.25) is 0 Å². The molecule has 0 amide bonds. The molecule has 1 aromatic carbocycles. The lowest BCUT2D eigenvalue weighted by atomic mass is 10.2. The Morgan fingerprint density at radius 3 is 2.75 bits per heavy atom. The van der Waals surface area contributed by atoms with E-state index in [1.165, 1.54) is 0 Å². The predicted octanol–water partition coefficient (Wildman–Crippen LogP) is 1.89. The highest BCUT2D eigenvalue weighted by atomic mass is 16.3. The van der Waals surface area contributed by atoms with Crippen LogP contribution < -0.4 is 5.32 Å². The fourth-order valence-corrected chi connectivity index (χ4v) is 1.06. The molecule has 1 rings (SSSR count). The summed E-state index contributed by atoms with van der Waals surface area (Å²) in [5, 5.41) is 12.6. The van der Waals surface area contributed by atoms with Crippen LogP contribution in [0.1, 0.15) is 18.9 Å². The zero-order valence-corrected chi connectivity index (χ0v) is 7.38. The van der Waals surface area contributed by atoms with Crippen molar-refractivity contribution in [1.82, 2.24) is 5.32 Å². The first-order valence-electron chi connectivity index (χ1n) is 4.32. The Labute approximate surface area is 73.2 Å². The largest absolute Gasteiger partial charge is 0.508 e. The molecule has 0 radical (unpaired) electrons. The molecule has 0 aromatic heterocycles. The molecule has 0 aliphatic heterocycles. The van der Waals surface area contributed by atoms with Gasteiger partial charge in [-0.15, -0.1) is 0 Å². The summed E-state index contributed by atoms with van der Waals surface area (Å²) in [4.78, 5) is 0. The maximum Gasteiger partial charge on any atom is 0.120 e. The van der Waals surface area contributed by atoms with E-state index >= 15 is 0 Å². The molecule has 2 nitrogen and oxygen atoms in total. The Kier molecular flexibility index (Phi) is 3.61. The molecule has 2 heteroatoms. The summed E-state index contributed by atoms with van der Waals surface area (Å²) in [6.07, 6.45) is 1.12. The average molecular weight is 165 g/mol. The first-order valence-corrected chi connectivity index (χ1v) is 4.32. The number of hydrogen-bond donors (Lipinski definition) is 2. The van der Waals surface area contributed by atoms with Crippen molar-refractivity contribution in [2.45, 2.75) is 19.9 Å². The Bertz CT molecular complexity index is 235. The van der Waals surface area contributed by atoms with Crippen LogP contribution >= 0.6 is 0 Å². The second kappa shape index (κ2) is 4.78. The highest BCUT2D eigenvalue weighted by Crippen LogP contribution is 2.14. The van der Waals surface area contributed by atoms with Crippen LogP contribution in [-0.2, 0) is 6.54 Å². The van der Waals surface area contributed by atoms with Crippen LogP contribution in [0.5, 0.6) is 5.75 Å². The lowest BCUT2D eigenvalue weighted by molar-refractivity contribution is 0.464. The predicted molar refractivity (Wildman–Crippen MR) is 50.1 cm³/mol. The van der Waals surface area contributed by atoms with Crippen molar-refractivity contribution in [3.05, 3.63) is 29.8 Å². The first-order chi connectivity index (χ1) is 5.84. The number of hydrogen-bond acceptors (Lipinski definition) is 2. The molecule has 66 valence electrons. The molecule has 1 aromatic rings. The highest BCUT2D eigenvalue weighted by Gasteiger charge is 1.96. The van der Waals surface area contributed by atoms with Gasteiger partial charge in [-0.25, -0.2) is 0 Å². The van der Waals surface area contributed by atoms with Crippen molar-refractivity contribution >= 4 is 0 Å². The van der Waals surface area contributed by atoms with E-state index in [4.69, 9.17) is 0 Å². The van der Waals surface area contributed by atoms with Gasteiger partial charge in [0.1, 0.15) is 5.75 Å². The lowest BCUT2D eigenvalue weighted by Gasteiger charge is -2.04. The molecular formula is C10H15NO. The number of phenolic OH excluding ortho intramolecular Hbond substituents is 1. The van der Waals surface area contributed by atoms with Crippen LogP contribution in [0, 0.1) is 0 Å². The zero-order valence-electron chi connectivity index (χ0n) is 7.38. The minimum absolute atomic E-state index is 0.376. The van der Waals surface area contributed by atoms with Gasteiger partial charge < -0.3 is 10.4 Å². The fourth-order valence-electron chi connectivity index (χ4n) is 1.06. The topological polar surface area (TPSA) is 32.3 Å². The van der Waals surface area contributed by atoms with Crippen LogP contribution in [0.3, 0.4) is 0 Å². The third kappa shape index (κ3) is 2.55. The molecule has 0 fully saturated rings. The summed E-state index contributed by atoms with van der Waals surface area (Å²) < 4.78 is 0. The SMILES string of the molecule is CCCNCc1ccccc1O. The van der Waals surface area contributed by atoms with Crippen molar-refractivity contribution in [2.75, 3.05) is 6.54 Å². The van der Waals surface area contributed by atoms with E-state index in [0.717, 1.165) is 25.1 Å². The van der Waals surface area contributed by atoms with Crippen LogP contribution in [-0.4, -0.2) is 11.7 Å². The van der Waals surface area contributed by atoms with E-state index in [9.17, 15) is 5.11 Å². The standard InChI is InChI=1S/C10H15NO/c1-2-7-11-8-9-5-3-4-6-10(9)12/h3-6,11-12H,2,7-8H2,1H3. The molecule has 0 saturated carbocycles. The Morgan fingerprint density at radius 1 is 1.33 bits per heavy atom. The van der Waals surface area contributed by atoms with Gasteiger partial charge in [-0.05, 0) is 19.0 Å². The third-order valence-corrected chi connectivity index (χ3v) is 1.73. The Morgan fingerprint density at radius 2 is 2.08 bits per heavy atom. The Balaban J connectivity index is 2.46. The van der Waals surface area contributed by atoms with Crippen LogP contribution in [0.2, 0.25) is 0 Å². The number of rotatable bonds is 4. The van der Waals surface area contributed by atoms with Crippen LogP contribution in [0.4, 0.5) is 0 Å². The van der Waals surface area contributed by atoms with Crippen molar-refractivity contribution < 1.29 is 5.11 Å². The third-order valence-electron chi connectivity index (χ3n) is 1.73. The molecule has 0 heterocycles. The second-order valence-electron chi connectivity index (χ2n) is 2.81. The zero-order chi connectivity index (χ0) is 8.81. The van der Waals surface area contributed by atoms with Gasteiger partial charge in [-0.1, -0.05) is 25.1 Å². The normalized spacial score (nSPS) is 10.1.